The lowest BCUT2D eigenvalue weighted by atomic mass is 10.5. The lowest BCUT2D eigenvalue weighted by Gasteiger charge is -2.05. The molecule has 66 valence electrons. The fourth-order valence-corrected chi connectivity index (χ4v) is 0.997. The van der Waals surface area contributed by atoms with Crippen LogP contribution in [0.4, 0.5) is 8.78 Å². The van der Waals surface area contributed by atoms with Gasteiger partial charge in [-0.05, 0) is 28.1 Å². The summed E-state index contributed by atoms with van der Waals surface area (Å²) in [6.45, 7) is -0.607. The van der Waals surface area contributed by atoms with Crippen LogP contribution in [0, 0.1) is 0 Å². The van der Waals surface area contributed by atoms with Crippen molar-refractivity contribution in [3.63, 3.8) is 0 Å². The van der Waals surface area contributed by atoms with Crippen LogP contribution < -0.4 is 4.74 Å². The van der Waals surface area contributed by atoms with Crippen LogP contribution in [-0.4, -0.2) is 18.0 Å². The highest BCUT2D eigenvalue weighted by Gasteiger charge is 2.05. The summed E-state index contributed by atoms with van der Waals surface area (Å²) in [5, 5.41) is 0. The Balaban J connectivity index is 2.57. The summed E-state index contributed by atoms with van der Waals surface area (Å²) in [5.74, 6) is 0.331. The zero-order chi connectivity index (χ0) is 8.97. The molecule has 0 saturated heterocycles. The number of ether oxygens (including phenoxy) is 1. The largest absolute Gasteiger partial charge is 0.485 e. The second kappa shape index (κ2) is 4.35. The van der Waals surface area contributed by atoms with Gasteiger partial charge in [0.1, 0.15) is 11.2 Å². The van der Waals surface area contributed by atoms with Crippen LogP contribution in [0.15, 0.2) is 22.9 Å². The Kier molecular flexibility index (Phi) is 3.40. The Morgan fingerprint density at radius 1 is 1.58 bits per heavy atom. The maximum absolute atomic E-state index is 11.7. The van der Waals surface area contributed by atoms with Crippen molar-refractivity contribution < 1.29 is 13.5 Å². The lowest BCUT2D eigenvalue weighted by molar-refractivity contribution is 0.0813. The van der Waals surface area contributed by atoms with E-state index in [1.165, 1.54) is 0 Å². The summed E-state index contributed by atoms with van der Waals surface area (Å²) in [5.41, 5.74) is 0. The first kappa shape index (κ1) is 9.38. The van der Waals surface area contributed by atoms with E-state index in [-0.39, 0.29) is 0 Å². The fraction of sp³-hybridized carbons (Fsp3) is 0.286. The van der Waals surface area contributed by atoms with Gasteiger partial charge in [0.15, 0.2) is 5.75 Å². The minimum atomic E-state index is -2.46. The van der Waals surface area contributed by atoms with E-state index < -0.39 is 13.0 Å². The van der Waals surface area contributed by atoms with Crippen molar-refractivity contribution in [2.24, 2.45) is 0 Å². The molecule has 5 heteroatoms. The van der Waals surface area contributed by atoms with E-state index in [2.05, 4.69) is 20.9 Å². The molecule has 0 aromatic carbocycles. The van der Waals surface area contributed by atoms with Crippen molar-refractivity contribution in [2.45, 2.75) is 6.43 Å². The van der Waals surface area contributed by atoms with Crippen LogP contribution in [0.3, 0.4) is 0 Å². The second-order valence-electron chi connectivity index (χ2n) is 1.99. The average molecular weight is 238 g/mol. The van der Waals surface area contributed by atoms with Gasteiger partial charge in [0.2, 0.25) is 0 Å². The number of hydrogen-bond acceptors (Lipinski definition) is 2. The van der Waals surface area contributed by atoms with Crippen molar-refractivity contribution >= 4 is 15.9 Å². The molecular formula is C7H6BrF2NO. The van der Waals surface area contributed by atoms with E-state index in [1.54, 1.807) is 18.3 Å². The third kappa shape index (κ3) is 2.73. The van der Waals surface area contributed by atoms with Gasteiger partial charge in [-0.25, -0.2) is 13.8 Å². The van der Waals surface area contributed by atoms with Crippen LogP contribution in [0.1, 0.15) is 0 Å². The van der Waals surface area contributed by atoms with Gasteiger partial charge < -0.3 is 4.74 Å². The molecule has 12 heavy (non-hydrogen) atoms. The van der Waals surface area contributed by atoms with Crippen molar-refractivity contribution in [1.29, 1.82) is 0 Å². The number of rotatable bonds is 3. The Morgan fingerprint density at radius 3 is 2.92 bits per heavy atom. The minimum absolute atomic E-state index is 0.331. The van der Waals surface area contributed by atoms with E-state index in [9.17, 15) is 8.78 Å². The van der Waals surface area contributed by atoms with Gasteiger partial charge in [-0.2, -0.15) is 0 Å². The minimum Gasteiger partial charge on any atom is -0.485 e. The van der Waals surface area contributed by atoms with Gasteiger partial charge in [-0.1, -0.05) is 0 Å². The zero-order valence-corrected chi connectivity index (χ0v) is 7.59. The Bertz CT molecular complexity index is 257. The number of pyridine rings is 1. The first-order chi connectivity index (χ1) is 5.70. The molecule has 0 spiro atoms. The van der Waals surface area contributed by atoms with Crippen LogP contribution in [-0.2, 0) is 0 Å². The van der Waals surface area contributed by atoms with Crippen molar-refractivity contribution in [3.05, 3.63) is 22.9 Å². The zero-order valence-electron chi connectivity index (χ0n) is 6.01. The topological polar surface area (TPSA) is 22.1 Å². The van der Waals surface area contributed by atoms with Crippen molar-refractivity contribution in [3.8, 4) is 5.75 Å². The summed E-state index contributed by atoms with van der Waals surface area (Å²) in [7, 11) is 0. The van der Waals surface area contributed by atoms with E-state index in [0.29, 0.717) is 10.4 Å². The molecule has 1 aromatic rings. The second-order valence-corrected chi connectivity index (χ2v) is 2.75. The quantitative estimate of drug-likeness (QED) is 0.754. The summed E-state index contributed by atoms with van der Waals surface area (Å²) in [6.07, 6.45) is -0.920. The van der Waals surface area contributed by atoms with E-state index >= 15 is 0 Å². The maximum atomic E-state index is 11.7. The summed E-state index contributed by atoms with van der Waals surface area (Å²) in [4.78, 5) is 3.80. The van der Waals surface area contributed by atoms with E-state index in [0.717, 1.165) is 0 Å². The molecule has 0 unspecified atom stereocenters. The molecule has 0 aliphatic rings. The van der Waals surface area contributed by atoms with Gasteiger partial charge in [-0.3, -0.25) is 0 Å². The van der Waals surface area contributed by atoms with Gasteiger partial charge >= 0.3 is 0 Å². The molecule has 0 amide bonds. The molecule has 0 saturated carbocycles. The molecule has 2 nitrogen and oxygen atoms in total. The molecular weight excluding hydrogens is 232 g/mol. The third-order valence-electron chi connectivity index (χ3n) is 1.09. The molecule has 0 radical (unpaired) electrons. The van der Waals surface area contributed by atoms with Crippen molar-refractivity contribution in [2.75, 3.05) is 6.61 Å². The molecule has 0 N–H and O–H groups in total. The summed E-state index contributed by atoms with van der Waals surface area (Å²) in [6, 6.07) is 3.19. The van der Waals surface area contributed by atoms with Gasteiger partial charge in [0.25, 0.3) is 6.43 Å². The van der Waals surface area contributed by atoms with Gasteiger partial charge in [0, 0.05) is 6.20 Å². The molecule has 0 fully saturated rings. The standard InChI is InChI=1S/C7H6BrF2NO/c8-7-5(2-1-3-11-7)12-4-6(9)10/h1-3,6H,4H2. The van der Waals surface area contributed by atoms with Crippen LogP contribution in [0.25, 0.3) is 0 Å². The first-order valence-corrected chi connectivity index (χ1v) is 4.01. The predicted molar refractivity (Wildman–Crippen MR) is 43.4 cm³/mol. The number of aromatic nitrogens is 1. The molecule has 0 bridgehead atoms. The highest BCUT2D eigenvalue weighted by atomic mass is 79.9. The van der Waals surface area contributed by atoms with Gasteiger partial charge in [0.05, 0.1) is 0 Å². The highest BCUT2D eigenvalue weighted by molar-refractivity contribution is 9.10. The normalized spacial score (nSPS) is 10.3. The Hall–Kier alpha value is -0.710. The molecule has 0 aliphatic heterocycles. The van der Waals surface area contributed by atoms with E-state index in [1.807, 2.05) is 0 Å². The number of halogens is 3. The van der Waals surface area contributed by atoms with Crippen LogP contribution in [0.5, 0.6) is 5.75 Å². The smallest absolute Gasteiger partial charge is 0.272 e. The van der Waals surface area contributed by atoms with E-state index in [4.69, 9.17) is 4.74 Å². The monoisotopic (exact) mass is 237 g/mol. The first-order valence-electron chi connectivity index (χ1n) is 3.21. The Morgan fingerprint density at radius 2 is 2.33 bits per heavy atom. The van der Waals surface area contributed by atoms with Crippen molar-refractivity contribution in [1.82, 2.24) is 4.98 Å². The number of alkyl halides is 2. The SMILES string of the molecule is FC(F)COc1cccnc1Br. The molecule has 1 heterocycles. The van der Waals surface area contributed by atoms with Crippen LogP contribution in [0.2, 0.25) is 0 Å². The highest BCUT2D eigenvalue weighted by Crippen LogP contribution is 2.21. The molecule has 0 atom stereocenters. The summed E-state index contributed by atoms with van der Waals surface area (Å²) < 4.78 is 28.6. The third-order valence-corrected chi connectivity index (χ3v) is 1.69. The predicted octanol–water partition coefficient (Wildman–Crippen LogP) is 2.49. The molecule has 1 rings (SSSR count). The van der Waals surface area contributed by atoms with Crippen LogP contribution >= 0.6 is 15.9 Å². The summed E-state index contributed by atoms with van der Waals surface area (Å²) >= 11 is 3.07. The molecule has 0 aliphatic carbocycles. The fourth-order valence-electron chi connectivity index (χ4n) is 0.632. The Labute approximate surface area is 76.7 Å². The van der Waals surface area contributed by atoms with Gasteiger partial charge in [-0.15, -0.1) is 0 Å². The number of hydrogen-bond donors (Lipinski definition) is 0. The molecule has 1 aromatic heterocycles. The maximum Gasteiger partial charge on any atom is 0.272 e. The average Bonchev–Trinajstić information content (AvgIpc) is 2.03. The lowest BCUT2D eigenvalue weighted by Crippen LogP contribution is -2.07. The number of nitrogens with zero attached hydrogens (tertiary/aromatic N) is 1.